The highest BCUT2D eigenvalue weighted by Crippen LogP contribution is 2.31. The Bertz CT molecular complexity index is 1790. The van der Waals surface area contributed by atoms with Gasteiger partial charge in [0.25, 0.3) is 10.0 Å². The lowest BCUT2D eigenvalue weighted by atomic mass is 10.0. The van der Waals surface area contributed by atoms with E-state index in [-0.39, 0.29) is 33.6 Å². The van der Waals surface area contributed by atoms with E-state index < -0.39 is 40.0 Å². The van der Waals surface area contributed by atoms with Gasteiger partial charge in [-0.3, -0.25) is 13.9 Å². The van der Waals surface area contributed by atoms with Gasteiger partial charge in [-0.25, -0.2) is 8.42 Å². The van der Waals surface area contributed by atoms with E-state index in [9.17, 15) is 18.0 Å². The largest absolute Gasteiger partial charge is 0.350 e. The van der Waals surface area contributed by atoms with Crippen LogP contribution in [0.25, 0.3) is 0 Å². The molecule has 1 unspecified atom stereocenters. The number of nitrogens with zero attached hydrogens (tertiary/aromatic N) is 2. The predicted octanol–water partition coefficient (Wildman–Crippen LogP) is 7.71. The van der Waals surface area contributed by atoms with Gasteiger partial charge >= 0.3 is 0 Å². The fourth-order valence-electron chi connectivity index (χ4n) is 4.85. The number of anilines is 1. The lowest BCUT2D eigenvalue weighted by molar-refractivity contribution is -0.140. The van der Waals surface area contributed by atoms with Crippen LogP contribution in [0.1, 0.15) is 37.5 Å². The molecule has 0 aliphatic heterocycles. The van der Waals surface area contributed by atoms with Crippen LogP contribution in [0.15, 0.2) is 102 Å². The topological polar surface area (TPSA) is 86.8 Å². The van der Waals surface area contributed by atoms with Crippen LogP contribution >= 0.6 is 34.8 Å². The Kier molecular flexibility index (Phi) is 11.4. The fraction of sp³-hybridized carbons (Fsp3) is 0.257. The molecule has 0 aromatic heterocycles. The van der Waals surface area contributed by atoms with Crippen LogP contribution < -0.4 is 9.62 Å². The number of rotatable bonds is 11. The number of aryl methyl sites for hydroxylation is 1. The zero-order chi connectivity index (χ0) is 33.6. The van der Waals surface area contributed by atoms with Crippen molar-refractivity contribution in [2.45, 2.75) is 57.1 Å². The van der Waals surface area contributed by atoms with Crippen LogP contribution in [0.3, 0.4) is 0 Å². The highest BCUT2D eigenvalue weighted by Gasteiger charge is 2.36. The first-order valence-corrected chi connectivity index (χ1v) is 17.2. The summed E-state index contributed by atoms with van der Waals surface area (Å²) in [6.45, 7) is 6.72. The lowest BCUT2D eigenvalue weighted by Crippen LogP contribution is -2.56. The first kappa shape index (κ1) is 35.3. The van der Waals surface area contributed by atoms with Crippen LogP contribution in [0.4, 0.5) is 5.69 Å². The second kappa shape index (κ2) is 14.9. The normalized spacial score (nSPS) is 12.3. The maximum atomic E-state index is 14.6. The number of sulfonamides is 1. The molecule has 7 nitrogen and oxygen atoms in total. The third-order valence-corrected chi connectivity index (χ3v) is 9.95. The highest BCUT2D eigenvalue weighted by molar-refractivity contribution is 7.92. The van der Waals surface area contributed by atoms with E-state index in [1.54, 1.807) is 54.6 Å². The summed E-state index contributed by atoms with van der Waals surface area (Å²) in [6.07, 6.45) is 0.173. The zero-order valence-corrected chi connectivity index (χ0v) is 29.1. The molecule has 11 heteroatoms. The quantitative estimate of drug-likeness (QED) is 0.174. The average Bonchev–Trinajstić information content (AvgIpc) is 2.99. The van der Waals surface area contributed by atoms with E-state index in [1.807, 2.05) is 58.0 Å². The van der Waals surface area contributed by atoms with Crippen molar-refractivity contribution in [2.75, 3.05) is 10.8 Å². The molecule has 1 atom stereocenters. The van der Waals surface area contributed by atoms with E-state index in [4.69, 9.17) is 34.8 Å². The van der Waals surface area contributed by atoms with Gasteiger partial charge in [0, 0.05) is 18.5 Å². The number of carbonyl (C=O) groups is 2. The number of nitrogens with one attached hydrogen (secondary N) is 1. The molecule has 4 aromatic rings. The van der Waals surface area contributed by atoms with E-state index in [1.165, 1.54) is 17.0 Å². The molecule has 0 bridgehead atoms. The molecule has 0 saturated heterocycles. The van der Waals surface area contributed by atoms with Gasteiger partial charge in [-0.15, -0.1) is 0 Å². The SMILES string of the molecule is Cc1ccc(S(=O)(=O)N(CC(=O)N(Cc2ccc(Cl)c(Cl)c2)C(Cc2ccccc2)C(=O)NC(C)(C)C)c2ccccc2Cl)cc1. The van der Waals surface area contributed by atoms with Crippen LogP contribution in [0.5, 0.6) is 0 Å². The van der Waals surface area contributed by atoms with Gasteiger partial charge in [0.1, 0.15) is 12.6 Å². The number of para-hydroxylation sites is 1. The fourth-order valence-corrected chi connectivity index (χ4v) is 6.89. The average molecular weight is 701 g/mol. The molecular formula is C35H36Cl3N3O4S. The third-order valence-electron chi connectivity index (χ3n) is 7.12. The van der Waals surface area contributed by atoms with Crippen molar-refractivity contribution in [2.24, 2.45) is 0 Å². The lowest BCUT2D eigenvalue weighted by Gasteiger charge is -2.35. The smallest absolute Gasteiger partial charge is 0.264 e. The molecular weight excluding hydrogens is 665 g/mol. The summed E-state index contributed by atoms with van der Waals surface area (Å²) in [6, 6.07) is 26.0. The van der Waals surface area contributed by atoms with E-state index in [2.05, 4.69) is 5.32 Å². The minimum Gasteiger partial charge on any atom is -0.350 e. The van der Waals surface area contributed by atoms with Gasteiger partial charge in [0.15, 0.2) is 0 Å². The summed E-state index contributed by atoms with van der Waals surface area (Å²) in [7, 11) is -4.28. The van der Waals surface area contributed by atoms with E-state index in [0.717, 1.165) is 15.4 Å². The zero-order valence-electron chi connectivity index (χ0n) is 26.0. The summed E-state index contributed by atoms with van der Waals surface area (Å²) in [5, 5.41) is 3.77. The van der Waals surface area contributed by atoms with Crippen molar-refractivity contribution >= 4 is 62.3 Å². The molecule has 242 valence electrons. The van der Waals surface area contributed by atoms with Crippen molar-refractivity contribution in [3.05, 3.63) is 129 Å². The van der Waals surface area contributed by atoms with E-state index >= 15 is 0 Å². The number of amides is 2. The molecule has 0 radical (unpaired) electrons. The number of halogens is 3. The summed E-state index contributed by atoms with van der Waals surface area (Å²) in [5.74, 6) is -1.01. The first-order valence-electron chi connectivity index (χ1n) is 14.6. The monoisotopic (exact) mass is 699 g/mol. The summed E-state index contributed by atoms with van der Waals surface area (Å²) < 4.78 is 29.3. The third kappa shape index (κ3) is 9.04. The number of carbonyl (C=O) groups excluding carboxylic acids is 2. The van der Waals surface area contributed by atoms with Crippen LogP contribution in [-0.4, -0.2) is 43.3 Å². The number of hydrogen-bond donors (Lipinski definition) is 1. The van der Waals surface area contributed by atoms with Crippen LogP contribution in [-0.2, 0) is 32.6 Å². The van der Waals surface area contributed by atoms with Gasteiger partial charge < -0.3 is 10.2 Å². The second-order valence-electron chi connectivity index (χ2n) is 12.0. The van der Waals surface area contributed by atoms with Gasteiger partial charge in [-0.05, 0) is 75.2 Å². The van der Waals surface area contributed by atoms with Crippen molar-refractivity contribution < 1.29 is 18.0 Å². The Balaban J connectivity index is 1.84. The minimum atomic E-state index is -4.28. The molecule has 0 aliphatic carbocycles. The van der Waals surface area contributed by atoms with Crippen LogP contribution in [0, 0.1) is 6.92 Å². The highest BCUT2D eigenvalue weighted by atomic mass is 35.5. The molecule has 0 aliphatic rings. The van der Waals surface area contributed by atoms with Crippen molar-refractivity contribution in [1.29, 1.82) is 0 Å². The first-order chi connectivity index (χ1) is 21.7. The van der Waals surface area contributed by atoms with Gasteiger partial charge in [-0.1, -0.05) is 101 Å². The molecule has 0 heterocycles. The Labute approximate surface area is 286 Å². The van der Waals surface area contributed by atoms with Crippen molar-refractivity contribution in [1.82, 2.24) is 10.2 Å². The van der Waals surface area contributed by atoms with Gasteiger partial charge in [0.2, 0.25) is 11.8 Å². The Hall–Kier alpha value is -3.56. The minimum absolute atomic E-state index is 0.00633. The number of benzene rings is 4. The standard InChI is InChI=1S/C35H36Cl3N3O4S/c1-24-14-17-27(18-15-24)46(44,45)41(31-13-9-8-12-29(31)37)23-33(42)40(22-26-16-19-28(36)30(38)20-26)32(34(43)39-35(2,3)4)21-25-10-6-5-7-11-25/h5-20,32H,21-23H2,1-4H3,(H,39,43). The molecule has 46 heavy (non-hydrogen) atoms. The maximum absolute atomic E-state index is 14.6. The van der Waals surface area contributed by atoms with Crippen LogP contribution in [0.2, 0.25) is 15.1 Å². The predicted molar refractivity (Wildman–Crippen MR) is 186 cm³/mol. The van der Waals surface area contributed by atoms with Crippen molar-refractivity contribution in [3.63, 3.8) is 0 Å². The second-order valence-corrected chi connectivity index (χ2v) is 15.1. The van der Waals surface area contributed by atoms with E-state index in [0.29, 0.717) is 10.6 Å². The molecule has 4 aromatic carbocycles. The molecule has 0 saturated carbocycles. The van der Waals surface area contributed by atoms with Gasteiger partial charge in [-0.2, -0.15) is 0 Å². The Morgan fingerprint density at radius 1 is 0.783 bits per heavy atom. The molecule has 0 spiro atoms. The summed E-state index contributed by atoms with van der Waals surface area (Å²) >= 11 is 19.1. The molecule has 4 rings (SSSR count). The summed E-state index contributed by atoms with van der Waals surface area (Å²) in [4.78, 5) is 29.9. The molecule has 1 N–H and O–H groups in total. The number of hydrogen-bond acceptors (Lipinski definition) is 4. The maximum Gasteiger partial charge on any atom is 0.264 e. The summed E-state index contributed by atoms with van der Waals surface area (Å²) in [5.41, 5.74) is 1.82. The molecule has 2 amide bonds. The Morgan fingerprint density at radius 3 is 2.02 bits per heavy atom. The molecule has 0 fully saturated rings. The van der Waals surface area contributed by atoms with Gasteiger partial charge in [0.05, 0.1) is 25.7 Å². The van der Waals surface area contributed by atoms with Crippen molar-refractivity contribution in [3.8, 4) is 0 Å². The Morgan fingerprint density at radius 2 is 1.41 bits per heavy atom.